The number of methoxy groups -OCH3 is 2. The van der Waals surface area contributed by atoms with Crippen molar-refractivity contribution in [3.05, 3.63) is 0 Å². The molecule has 15 nitrogen and oxygen atoms in total. The van der Waals surface area contributed by atoms with Gasteiger partial charge in [0.1, 0.15) is 18.9 Å². The first-order valence-electron chi connectivity index (χ1n) is 13.6. The van der Waals surface area contributed by atoms with Crippen LogP contribution in [0.5, 0.6) is 0 Å². The molecule has 0 saturated carbocycles. The van der Waals surface area contributed by atoms with Crippen molar-refractivity contribution in [2.45, 2.75) is 65.2 Å². The minimum Gasteiger partial charge on any atom is -0.468 e. The summed E-state index contributed by atoms with van der Waals surface area (Å²) in [5.74, 6) is -4.49. The summed E-state index contributed by atoms with van der Waals surface area (Å²) < 4.78 is 9.08. The number of carbonyl (C=O) groups is 9. The molecular weight excluding hydrogens is 556 g/mol. The molecule has 15 heteroatoms. The maximum atomic E-state index is 12.7. The van der Waals surface area contributed by atoms with Crippen LogP contribution in [0.3, 0.4) is 0 Å². The van der Waals surface area contributed by atoms with Crippen LogP contribution in [0, 0.1) is 0 Å². The van der Waals surface area contributed by atoms with E-state index in [0.29, 0.717) is 19.3 Å². The summed E-state index contributed by atoms with van der Waals surface area (Å²) in [6, 6.07) is 0. The van der Waals surface area contributed by atoms with Crippen molar-refractivity contribution in [1.29, 1.82) is 0 Å². The maximum absolute atomic E-state index is 12.7. The molecule has 0 aromatic rings. The third-order valence-electron chi connectivity index (χ3n) is 5.90. The molecule has 0 bridgehead atoms. The molecule has 236 valence electrons. The van der Waals surface area contributed by atoms with E-state index in [9.17, 15) is 43.2 Å². The lowest BCUT2D eigenvalue weighted by molar-refractivity contribution is -0.148. The average molecular weight is 599 g/mol. The van der Waals surface area contributed by atoms with Crippen LogP contribution in [0.4, 0.5) is 0 Å². The van der Waals surface area contributed by atoms with Crippen LogP contribution in [-0.4, -0.2) is 116 Å². The van der Waals surface area contributed by atoms with E-state index >= 15 is 0 Å². The average Bonchev–Trinajstić information content (AvgIpc) is 2.96. The zero-order chi connectivity index (χ0) is 32.1. The lowest BCUT2D eigenvalue weighted by Crippen LogP contribution is -2.43. The fraction of sp³-hybridized carbons (Fsp3) is 0.667. The highest BCUT2D eigenvalue weighted by Gasteiger charge is 2.22. The van der Waals surface area contributed by atoms with Gasteiger partial charge in [-0.1, -0.05) is 0 Å². The number of ether oxygens (including phenoxy) is 2. The molecule has 0 aliphatic rings. The second kappa shape index (κ2) is 21.6. The van der Waals surface area contributed by atoms with Crippen molar-refractivity contribution < 1.29 is 52.6 Å². The quantitative estimate of drug-likeness (QED) is 0.115. The molecule has 0 radical (unpaired) electrons. The van der Waals surface area contributed by atoms with Gasteiger partial charge in [0.05, 0.1) is 33.9 Å². The van der Waals surface area contributed by atoms with E-state index in [1.54, 1.807) is 6.92 Å². The first-order valence-corrected chi connectivity index (χ1v) is 13.6. The van der Waals surface area contributed by atoms with Gasteiger partial charge in [-0.2, -0.15) is 0 Å². The van der Waals surface area contributed by atoms with Crippen molar-refractivity contribution in [3.8, 4) is 0 Å². The molecule has 0 spiro atoms. The number of likely N-dealkylation sites (N-methyl/N-ethyl adjacent to an activating group) is 1. The Labute approximate surface area is 245 Å². The number of carbonyl (C=O) groups excluding carboxylic acids is 9. The highest BCUT2D eigenvalue weighted by Crippen LogP contribution is 2.04. The third kappa shape index (κ3) is 18.2. The number of esters is 2. The topological polar surface area (TPSA) is 203 Å². The monoisotopic (exact) mass is 598 g/mol. The summed E-state index contributed by atoms with van der Waals surface area (Å²) in [6.45, 7) is 1.34. The predicted molar refractivity (Wildman–Crippen MR) is 147 cm³/mol. The summed E-state index contributed by atoms with van der Waals surface area (Å²) in [6.07, 6.45) is 0.476. The van der Waals surface area contributed by atoms with Gasteiger partial charge in [-0.05, 0) is 26.7 Å². The SMILES string of the molecule is CCN(CC(=O)OC)C(=O)CNC(=O)CCC(=O)CN(CC(=O)OC)C(=O)CCC(=O)CNC(=O)CCCCC(C)=O. The van der Waals surface area contributed by atoms with Crippen LogP contribution < -0.4 is 10.6 Å². The predicted octanol–water partition coefficient (Wildman–Crippen LogP) is -0.910. The van der Waals surface area contributed by atoms with Gasteiger partial charge < -0.3 is 34.7 Å². The van der Waals surface area contributed by atoms with E-state index < -0.39 is 54.3 Å². The van der Waals surface area contributed by atoms with E-state index in [4.69, 9.17) is 0 Å². The Balaban J connectivity index is 4.67. The van der Waals surface area contributed by atoms with E-state index in [0.717, 1.165) is 12.0 Å². The highest BCUT2D eigenvalue weighted by molar-refractivity contribution is 5.93. The Hall–Kier alpha value is -4.17. The van der Waals surface area contributed by atoms with Gasteiger partial charge in [-0.3, -0.25) is 38.4 Å². The standard InChI is InChI=1S/C27H42N4O11/c1-5-30(17-26(39)41-3)25(38)15-29-23(36)12-10-21(34)16-31(18-27(40)42-4)24(37)13-11-20(33)14-28-22(35)9-7-6-8-19(2)32/h5-18H2,1-4H3,(H,28,35)(H,29,36). The Kier molecular flexibility index (Phi) is 19.4. The minimum atomic E-state index is -0.789. The van der Waals surface area contributed by atoms with Gasteiger partial charge in [0.25, 0.3) is 0 Å². The molecule has 0 atom stereocenters. The zero-order valence-electron chi connectivity index (χ0n) is 24.8. The smallest absolute Gasteiger partial charge is 0.325 e. The summed E-state index contributed by atoms with van der Waals surface area (Å²) in [7, 11) is 2.29. The number of rotatable bonds is 22. The van der Waals surface area contributed by atoms with E-state index in [1.807, 2.05) is 0 Å². The summed E-state index contributed by atoms with van der Waals surface area (Å²) >= 11 is 0. The van der Waals surface area contributed by atoms with Crippen molar-refractivity contribution in [3.63, 3.8) is 0 Å². The van der Waals surface area contributed by atoms with Gasteiger partial charge >= 0.3 is 11.9 Å². The molecule has 0 aliphatic heterocycles. The molecule has 0 rings (SSSR count). The third-order valence-corrected chi connectivity index (χ3v) is 5.90. The Morgan fingerprint density at radius 3 is 1.67 bits per heavy atom. The highest BCUT2D eigenvalue weighted by atomic mass is 16.5. The van der Waals surface area contributed by atoms with Gasteiger partial charge in [0.15, 0.2) is 11.6 Å². The molecular formula is C27H42N4O11. The van der Waals surface area contributed by atoms with Gasteiger partial charge in [0.2, 0.25) is 23.6 Å². The van der Waals surface area contributed by atoms with Crippen LogP contribution in [0.25, 0.3) is 0 Å². The van der Waals surface area contributed by atoms with Crippen LogP contribution >= 0.6 is 0 Å². The maximum Gasteiger partial charge on any atom is 0.325 e. The van der Waals surface area contributed by atoms with Gasteiger partial charge in [-0.25, -0.2) is 0 Å². The Morgan fingerprint density at radius 2 is 1.10 bits per heavy atom. The molecule has 0 heterocycles. The number of hydrogen-bond acceptors (Lipinski definition) is 11. The van der Waals surface area contributed by atoms with Crippen molar-refractivity contribution in [2.24, 2.45) is 0 Å². The number of ketones is 3. The molecule has 0 saturated heterocycles. The molecule has 0 fully saturated rings. The molecule has 0 aliphatic carbocycles. The number of nitrogens with zero attached hydrogens (tertiary/aromatic N) is 2. The zero-order valence-corrected chi connectivity index (χ0v) is 24.8. The molecule has 4 amide bonds. The summed E-state index contributed by atoms with van der Waals surface area (Å²) in [5.41, 5.74) is 0. The number of unbranched alkanes of at least 4 members (excludes halogenated alkanes) is 1. The second-order valence-corrected chi connectivity index (χ2v) is 9.35. The Bertz CT molecular complexity index is 997. The second-order valence-electron chi connectivity index (χ2n) is 9.35. The number of Topliss-reactive ketones (excluding diaryl/α,β-unsaturated/α-hetero) is 3. The fourth-order valence-corrected chi connectivity index (χ4v) is 3.41. The van der Waals surface area contributed by atoms with Crippen molar-refractivity contribution in [1.82, 2.24) is 20.4 Å². The normalized spacial score (nSPS) is 10.2. The Morgan fingerprint density at radius 1 is 0.571 bits per heavy atom. The lowest BCUT2D eigenvalue weighted by Gasteiger charge is -2.21. The molecule has 0 unspecified atom stereocenters. The molecule has 0 aromatic carbocycles. The van der Waals surface area contributed by atoms with E-state index in [1.165, 1.54) is 18.9 Å². The van der Waals surface area contributed by atoms with Crippen LogP contribution in [-0.2, 0) is 52.6 Å². The fourth-order valence-electron chi connectivity index (χ4n) is 3.41. The number of hydrogen-bond donors (Lipinski definition) is 2. The van der Waals surface area contributed by atoms with Crippen molar-refractivity contribution >= 4 is 52.9 Å². The van der Waals surface area contributed by atoms with Crippen LogP contribution in [0.1, 0.15) is 65.2 Å². The largest absolute Gasteiger partial charge is 0.468 e. The van der Waals surface area contributed by atoms with Gasteiger partial charge in [0, 0.05) is 45.1 Å². The first-order chi connectivity index (χ1) is 19.8. The summed E-state index contributed by atoms with van der Waals surface area (Å²) in [4.78, 5) is 109. The van der Waals surface area contributed by atoms with Crippen LogP contribution in [0.15, 0.2) is 0 Å². The van der Waals surface area contributed by atoms with E-state index in [2.05, 4.69) is 20.1 Å². The van der Waals surface area contributed by atoms with Gasteiger partial charge in [-0.15, -0.1) is 0 Å². The first kappa shape index (κ1) is 37.8. The summed E-state index contributed by atoms with van der Waals surface area (Å²) in [5, 5.41) is 4.82. The van der Waals surface area contributed by atoms with Crippen LogP contribution in [0.2, 0.25) is 0 Å². The minimum absolute atomic E-state index is 0.0329. The number of nitrogens with one attached hydrogen (secondary N) is 2. The molecule has 42 heavy (non-hydrogen) atoms. The number of amides is 4. The van der Waals surface area contributed by atoms with Crippen molar-refractivity contribution in [2.75, 3.05) is 53.5 Å². The lowest BCUT2D eigenvalue weighted by atomic mass is 10.1. The molecule has 0 aromatic heterocycles. The molecule has 2 N–H and O–H groups in total. The van der Waals surface area contributed by atoms with E-state index in [-0.39, 0.29) is 70.0 Å².